The van der Waals surface area contributed by atoms with Gasteiger partial charge in [-0.05, 0) is 26.3 Å². The van der Waals surface area contributed by atoms with Gasteiger partial charge >= 0.3 is 5.97 Å². The summed E-state index contributed by atoms with van der Waals surface area (Å²) in [5.41, 5.74) is 1.67. The summed E-state index contributed by atoms with van der Waals surface area (Å²) in [4.78, 5) is 19.4. The lowest BCUT2D eigenvalue weighted by Gasteiger charge is -2.14. The molecule has 1 heterocycles. The number of anilines is 1. The first-order chi connectivity index (χ1) is 8.02. The van der Waals surface area contributed by atoms with Crippen molar-refractivity contribution < 1.29 is 9.90 Å². The van der Waals surface area contributed by atoms with Gasteiger partial charge in [0.2, 0.25) is 5.95 Å². The Morgan fingerprint density at radius 2 is 2.00 bits per heavy atom. The normalized spacial score (nSPS) is 12.2. The minimum Gasteiger partial charge on any atom is -0.480 e. The Labute approximate surface area is 101 Å². The van der Waals surface area contributed by atoms with Crippen LogP contribution in [0.15, 0.2) is 6.07 Å². The molecule has 1 aromatic rings. The molecule has 5 nitrogen and oxygen atoms in total. The van der Waals surface area contributed by atoms with Gasteiger partial charge in [0.05, 0.1) is 0 Å². The number of nitrogens with zero attached hydrogens (tertiary/aromatic N) is 2. The van der Waals surface area contributed by atoms with E-state index in [1.807, 2.05) is 26.8 Å². The van der Waals surface area contributed by atoms with E-state index >= 15 is 0 Å². The Morgan fingerprint density at radius 1 is 1.41 bits per heavy atom. The molecule has 0 radical (unpaired) electrons. The summed E-state index contributed by atoms with van der Waals surface area (Å²) in [5.74, 6) is -0.466. The van der Waals surface area contributed by atoms with E-state index in [0.717, 1.165) is 24.2 Å². The predicted octanol–water partition coefficient (Wildman–Crippen LogP) is 2.15. The summed E-state index contributed by atoms with van der Waals surface area (Å²) < 4.78 is 0. The first-order valence-corrected chi connectivity index (χ1v) is 5.84. The van der Waals surface area contributed by atoms with E-state index in [1.54, 1.807) is 0 Å². The second-order valence-corrected chi connectivity index (χ2v) is 4.15. The maximum atomic E-state index is 11.1. The van der Waals surface area contributed by atoms with E-state index in [-0.39, 0.29) is 0 Å². The van der Waals surface area contributed by atoms with Gasteiger partial charge < -0.3 is 10.4 Å². The molecule has 1 aromatic heterocycles. The fourth-order valence-corrected chi connectivity index (χ4v) is 1.61. The molecule has 0 fully saturated rings. The third kappa shape index (κ3) is 4.38. The molecule has 0 aliphatic rings. The first kappa shape index (κ1) is 13.4. The number of nitrogens with one attached hydrogen (secondary N) is 1. The number of rotatable bonds is 6. The molecule has 5 heteroatoms. The first-order valence-electron chi connectivity index (χ1n) is 5.84. The largest absolute Gasteiger partial charge is 0.480 e. The van der Waals surface area contributed by atoms with Gasteiger partial charge in [-0.2, -0.15) is 0 Å². The minimum atomic E-state index is -0.860. The number of aryl methyl sites for hydroxylation is 2. The van der Waals surface area contributed by atoms with Crippen molar-refractivity contribution in [1.82, 2.24) is 9.97 Å². The monoisotopic (exact) mass is 237 g/mol. The van der Waals surface area contributed by atoms with Crippen LogP contribution in [-0.4, -0.2) is 27.1 Å². The Hall–Kier alpha value is -1.65. The molecule has 1 atom stereocenters. The van der Waals surface area contributed by atoms with Gasteiger partial charge in [-0.15, -0.1) is 0 Å². The molecule has 1 rings (SSSR count). The quantitative estimate of drug-likeness (QED) is 0.793. The lowest BCUT2D eigenvalue weighted by molar-refractivity contribution is -0.138. The molecule has 0 bridgehead atoms. The molecule has 94 valence electrons. The van der Waals surface area contributed by atoms with Crippen LogP contribution < -0.4 is 5.32 Å². The van der Waals surface area contributed by atoms with Crippen molar-refractivity contribution in [3.05, 3.63) is 17.5 Å². The number of aliphatic carboxylic acids is 1. The number of carboxylic acids is 1. The zero-order valence-electron chi connectivity index (χ0n) is 10.5. The lowest BCUT2D eigenvalue weighted by atomic mass is 10.1. The number of carboxylic acid groups (broad SMARTS) is 1. The molecule has 0 saturated heterocycles. The molecule has 0 aromatic carbocycles. The van der Waals surface area contributed by atoms with Crippen molar-refractivity contribution in [3.63, 3.8) is 0 Å². The highest BCUT2D eigenvalue weighted by Crippen LogP contribution is 2.09. The van der Waals surface area contributed by atoms with E-state index in [2.05, 4.69) is 15.3 Å². The summed E-state index contributed by atoms with van der Waals surface area (Å²) in [6, 6.07) is 1.24. The van der Waals surface area contributed by atoms with Crippen molar-refractivity contribution >= 4 is 11.9 Å². The number of unbranched alkanes of at least 4 members (excludes halogenated alkanes) is 1. The van der Waals surface area contributed by atoms with Crippen LogP contribution in [0.3, 0.4) is 0 Å². The van der Waals surface area contributed by atoms with E-state index in [9.17, 15) is 4.79 Å². The predicted molar refractivity (Wildman–Crippen MR) is 66.1 cm³/mol. The molecular formula is C12H19N3O2. The standard InChI is InChI=1S/C12H19N3O2/c1-4-5-6-10(11(16)17)15-12-13-8(2)7-9(3)14-12/h7,10H,4-6H2,1-3H3,(H,16,17)(H,13,14,15). The minimum absolute atomic E-state index is 0.394. The molecule has 0 spiro atoms. The Morgan fingerprint density at radius 3 is 2.47 bits per heavy atom. The van der Waals surface area contributed by atoms with Crippen LogP contribution in [0.5, 0.6) is 0 Å². The van der Waals surface area contributed by atoms with Gasteiger partial charge in [0.15, 0.2) is 0 Å². The van der Waals surface area contributed by atoms with Crippen LogP contribution in [0, 0.1) is 13.8 Å². The number of hydrogen-bond acceptors (Lipinski definition) is 4. The van der Waals surface area contributed by atoms with Gasteiger partial charge in [-0.1, -0.05) is 19.8 Å². The number of hydrogen-bond donors (Lipinski definition) is 2. The zero-order valence-corrected chi connectivity index (χ0v) is 10.5. The van der Waals surface area contributed by atoms with Crippen molar-refractivity contribution in [2.75, 3.05) is 5.32 Å². The summed E-state index contributed by atoms with van der Waals surface area (Å²) in [7, 11) is 0. The van der Waals surface area contributed by atoms with E-state index in [0.29, 0.717) is 12.4 Å². The fourth-order valence-electron chi connectivity index (χ4n) is 1.61. The molecule has 0 aliphatic heterocycles. The van der Waals surface area contributed by atoms with Gasteiger partial charge in [0.25, 0.3) is 0 Å². The van der Waals surface area contributed by atoms with E-state index < -0.39 is 12.0 Å². The molecule has 0 saturated carbocycles. The fraction of sp³-hybridized carbons (Fsp3) is 0.583. The van der Waals surface area contributed by atoms with Crippen molar-refractivity contribution in [3.8, 4) is 0 Å². The summed E-state index contributed by atoms with van der Waals surface area (Å²) in [6.07, 6.45) is 2.43. The number of carbonyl (C=O) groups is 1. The Bertz CT molecular complexity index is 373. The van der Waals surface area contributed by atoms with E-state index in [4.69, 9.17) is 5.11 Å². The lowest BCUT2D eigenvalue weighted by Crippen LogP contribution is -2.30. The Balaban J connectivity index is 2.74. The third-order valence-electron chi connectivity index (χ3n) is 2.43. The molecule has 17 heavy (non-hydrogen) atoms. The molecular weight excluding hydrogens is 218 g/mol. The molecule has 1 unspecified atom stereocenters. The van der Waals surface area contributed by atoms with Crippen LogP contribution >= 0.6 is 0 Å². The van der Waals surface area contributed by atoms with Gasteiger partial charge in [0, 0.05) is 11.4 Å². The second kappa shape index (κ2) is 6.18. The SMILES string of the molecule is CCCCC(Nc1nc(C)cc(C)n1)C(=O)O. The highest BCUT2D eigenvalue weighted by Gasteiger charge is 2.17. The highest BCUT2D eigenvalue weighted by atomic mass is 16.4. The summed E-state index contributed by atoms with van der Waals surface area (Å²) in [5, 5.41) is 12.0. The molecule has 0 aliphatic carbocycles. The Kier molecular flexibility index (Phi) is 4.87. The van der Waals surface area contributed by atoms with Crippen molar-refractivity contribution in [2.24, 2.45) is 0 Å². The third-order valence-corrected chi connectivity index (χ3v) is 2.43. The van der Waals surface area contributed by atoms with Crippen molar-refractivity contribution in [2.45, 2.75) is 46.1 Å². The van der Waals surface area contributed by atoms with Crippen LogP contribution in [0.25, 0.3) is 0 Å². The highest BCUT2D eigenvalue weighted by molar-refractivity contribution is 5.76. The maximum absolute atomic E-state index is 11.1. The van der Waals surface area contributed by atoms with Crippen LogP contribution in [0.1, 0.15) is 37.6 Å². The average Bonchev–Trinajstić information content (AvgIpc) is 2.22. The van der Waals surface area contributed by atoms with E-state index in [1.165, 1.54) is 0 Å². The van der Waals surface area contributed by atoms with Gasteiger partial charge in [-0.3, -0.25) is 0 Å². The van der Waals surface area contributed by atoms with Gasteiger partial charge in [0.1, 0.15) is 6.04 Å². The van der Waals surface area contributed by atoms with Crippen molar-refractivity contribution in [1.29, 1.82) is 0 Å². The smallest absolute Gasteiger partial charge is 0.326 e. The summed E-state index contributed by atoms with van der Waals surface area (Å²) >= 11 is 0. The average molecular weight is 237 g/mol. The van der Waals surface area contributed by atoms with Crippen LogP contribution in [0.4, 0.5) is 5.95 Å². The van der Waals surface area contributed by atoms with Crippen LogP contribution in [0.2, 0.25) is 0 Å². The molecule has 0 amide bonds. The van der Waals surface area contributed by atoms with Gasteiger partial charge in [-0.25, -0.2) is 14.8 Å². The number of aromatic nitrogens is 2. The maximum Gasteiger partial charge on any atom is 0.326 e. The second-order valence-electron chi connectivity index (χ2n) is 4.15. The molecule has 2 N–H and O–H groups in total. The topological polar surface area (TPSA) is 75.1 Å². The summed E-state index contributed by atoms with van der Waals surface area (Å²) in [6.45, 7) is 5.76. The van der Waals surface area contributed by atoms with Crippen LogP contribution in [-0.2, 0) is 4.79 Å². The zero-order chi connectivity index (χ0) is 12.8.